The fourth-order valence-corrected chi connectivity index (χ4v) is 4.11. The van der Waals surface area contributed by atoms with Crippen LogP contribution in [0.1, 0.15) is 66.7 Å². The fraction of sp³-hybridized carbons (Fsp3) is 0.818. The third kappa shape index (κ3) is 8.85. The summed E-state index contributed by atoms with van der Waals surface area (Å²) in [6.45, 7) is 13.6. The van der Waals surface area contributed by atoms with Crippen LogP contribution >= 0.6 is 0 Å². The summed E-state index contributed by atoms with van der Waals surface area (Å²) in [5.74, 6) is -0.294. The number of hydrogen-bond donors (Lipinski definition) is 2. The number of amides is 4. The van der Waals surface area contributed by atoms with E-state index in [0.29, 0.717) is 44.4 Å². The van der Waals surface area contributed by atoms with Gasteiger partial charge in [0.2, 0.25) is 23.6 Å². The van der Waals surface area contributed by atoms with E-state index in [0.717, 1.165) is 25.9 Å². The van der Waals surface area contributed by atoms with Gasteiger partial charge < -0.3 is 20.9 Å². The molecule has 1 atom stereocenters. The fourth-order valence-electron chi connectivity index (χ4n) is 4.11. The molecule has 2 fully saturated rings. The van der Waals surface area contributed by atoms with E-state index >= 15 is 0 Å². The van der Waals surface area contributed by atoms with Gasteiger partial charge in [0.15, 0.2) is 0 Å². The Labute approximate surface area is 186 Å². The third-order valence-electron chi connectivity index (χ3n) is 5.73. The molecular formula is C22H41N5O4. The summed E-state index contributed by atoms with van der Waals surface area (Å²) in [6, 6.07) is 0.550. The molecule has 0 bridgehead atoms. The van der Waals surface area contributed by atoms with Crippen molar-refractivity contribution in [2.75, 3.05) is 32.7 Å². The van der Waals surface area contributed by atoms with Crippen molar-refractivity contribution in [1.29, 1.82) is 0 Å². The molecule has 9 nitrogen and oxygen atoms in total. The molecule has 2 aliphatic heterocycles. The minimum absolute atomic E-state index is 0.0530. The summed E-state index contributed by atoms with van der Waals surface area (Å²) in [5, 5.41) is 2.90. The standard InChI is InChI=1S/C14H27N3O2.C8H14N2O2/c1-11(2)17(12(3)4)9-7-15-13(18)10-16-8-5-6-14(16)19;1-2-6(8(9)12)10-5-3-4-7(10)11/h11-12H,5-10H2,1-4H3,(H,15,18);6H,2-5H2,1H3,(H2,9,12). The number of carbonyl (C=O) groups is 4. The molecule has 2 aliphatic rings. The van der Waals surface area contributed by atoms with Crippen LogP contribution < -0.4 is 11.1 Å². The molecule has 4 amide bonds. The van der Waals surface area contributed by atoms with Gasteiger partial charge in [0.25, 0.3) is 0 Å². The minimum Gasteiger partial charge on any atom is -0.368 e. The lowest BCUT2D eigenvalue weighted by molar-refractivity contribution is -0.136. The van der Waals surface area contributed by atoms with Gasteiger partial charge in [0.05, 0.1) is 6.54 Å². The second-order valence-corrected chi connectivity index (χ2v) is 8.71. The summed E-state index contributed by atoms with van der Waals surface area (Å²) in [6.07, 6.45) is 3.48. The molecule has 0 aliphatic carbocycles. The third-order valence-corrected chi connectivity index (χ3v) is 5.73. The van der Waals surface area contributed by atoms with E-state index in [1.54, 1.807) is 9.80 Å². The number of hydrogen-bond acceptors (Lipinski definition) is 5. The number of likely N-dealkylation sites (tertiary alicyclic amines) is 2. The van der Waals surface area contributed by atoms with Crippen LogP contribution in [0.2, 0.25) is 0 Å². The number of primary amides is 1. The predicted octanol–water partition coefficient (Wildman–Crippen LogP) is 0.717. The van der Waals surface area contributed by atoms with Gasteiger partial charge in [-0.1, -0.05) is 6.92 Å². The normalized spacial score (nSPS) is 17.4. The second-order valence-electron chi connectivity index (χ2n) is 8.71. The Morgan fingerprint density at radius 3 is 2.03 bits per heavy atom. The highest BCUT2D eigenvalue weighted by Gasteiger charge is 2.29. The zero-order valence-corrected chi connectivity index (χ0v) is 19.9. The number of nitrogens with one attached hydrogen (secondary N) is 1. The highest BCUT2D eigenvalue weighted by atomic mass is 16.2. The van der Waals surface area contributed by atoms with Crippen LogP contribution in [0.25, 0.3) is 0 Å². The highest BCUT2D eigenvalue weighted by molar-refractivity contribution is 5.87. The molecule has 178 valence electrons. The van der Waals surface area contributed by atoms with E-state index < -0.39 is 5.91 Å². The van der Waals surface area contributed by atoms with Gasteiger partial charge in [0.1, 0.15) is 6.04 Å². The first-order valence-electron chi connectivity index (χ1n) is 11.5. The molecule has 0 aromatic rings. The van der Waals surface area contributed by atoms with E-state index in [1.165, 1.54) is 0 Å². The van der Waals surface area contributed by atoms with Crippen molar-refractivity contribution in [3.8, 4) is 0 Å². The van der Waals surface area contributed by atoms with Gasteiger partial charge in [-0.2, -0.15) is 0 Å². The van der Waals surface area contributed by atoms with E-state index in [1.807, 2.05) is 6.92 Å². The van der Waals surface area contributed by atoms with Crippen molar-refractivity contribution in [2.24, 2.45) is 5.73 Å². The van der Waals surface area contributed by atoms with Crippen LogP contribution in [0, 0.1) is 0 Å². The van der Waals surface area contributed by atoms with Crippen LogP contribution in [0.4, 0.5) is 0 Å². The number of nitrogens with two attached hydrogens (primary N) is 1. The maximum Gasteiger partial charge on any atom is 0.240 e. The molecule has 0 radical (unpaired) electrons. The van der Waals surface area contributed by atoms with Crippen LogP contribution in [-0.2, 0) is 19.2 Å². The molecular weight excluding hydrogens is 398 g/mol. The maximum atomic E-state index is 11.7. The minimum atomic E-state index is -0.396. The summed E-state index contributed by atoms with van der Waals surface area (Å²) in [4.78, 5) is 50.8. The van der Waals surface area contributed by atoms with Gasteiger partial charge in [-0.3, -0.25) is 24.1 Å². The summed E-state index contributed by atoms with van der Waals surface area (Å²) >= 11 is 0. The molecule has 0 saturated carbocycles. The lowest BCUT2D eigenvalue weighted by Gasteiger charge is -2.30. The zero-order valence-electron chi connectivity index (χ0n) is 19.9. The highest BCUT2D eigenvalue weighted by Crippen LogP contribution is 2.15. The Kier molecular flexibility index (Phi) is 11.5. The van der Waals surface area contributed by atoms with E-state index in [2.05, 4.69) is 37.9 Å². The lowest BCUT2D eigenvalue weighted by atomic mass is 10.2. The molecule has 31 heavy (non-hydrogen) atoms. The molecule has 2 rings (SSSR count). The molecule has 2 saturated heterocycles. The first-order chi connectivity index (χ1) is 14.6. The largest absolute Gasteiger partial charge is 0.368 e. The zero-order chi connectivity index (χ0) is 23.6. The van der Waals surface area contributed by atoms with E-state index in [4.69, 9.17) is 5.73 Å². The maximum absolute atomic E-state index is 11.7. The number of nitrogens with zero attached hydrogens (tertiary/aromatic N) is 3. The van der Waals surface area contributed by atoms with Crippen LogP contribution in [0.15, 0.2) is 0 Å². The van der Waals surface area contributed by atoms with Gasteiger partial charge in [0, 0.05) is 51.1 Å². The number of carbonyl (C=O) groups excluding carboxylic acids is 4. The van der Waals surface area contributed by atoms with Crippen molar-refractivity contribution in [3.05, 3.63) is 0 Å². The summed E-state index contributed by atoms with van der Waals surface area (Å²) < 4.78 is 0. The van der Waals surface area contributed by atoms with Crippen molar-refractivity contribution < 1.29 is 19.2 Å². The SMILES string of the molecule is CC(C)N(CCNC(=O)CN1CCCC1=O)C(C)C.CCC(C(N)=O)N1CCCC1=O. The molecule has 0 aromatic carbocycles. The second kappa shape index (κ2) is 13.3. The van der Waals surface area contributed by atoms with Crippen molar-refractivity contribution in [2.45, 2.75) is 84.8 Å². The Morgan fingerprint density at radius 1 is 1.03 bits per heavy atom. The molecule has 3 N–H and O–H groups in total. The predicted molar refractivity (Wildman–Crippen MR) is 120 cm³/mol. The van der Waals surface area contributed by atoms with Gasteiger partial charge in [-0.15, -0.1) is 0 Å². The van der Waals surface area contributed by atoms with Crippen LogP contribution in [0.5, 0.6) is 0 Å². The van der Waals surface area contributed by atoms with Crippen molar-refractivity contribution >= 4 is 23.6 Å². The van der Waals surface area contributed by atoms with Crippen LogP contribution in [0.3, 0.4) is 0 Å². The molecule has 9 heteroatoms. The first-order valence-corrected chi connectivity index (χ1v) is 11.5. The van der Waals surface area contributed by atoms with Gasteiger partial charge in [-0.05, 0) is 47.0 Å². The summed E-state index contributed by atoms with van der Waals surface area (Å²) in [5.41, 5.74) is 5.16. The number of rotatable bonds is 10. The molecule has 1 unspecified atom stereocenters. The topological polar surface area (TPSA) is 116 Å². The van der Waals surface area contributed by atoms with Crippen molar-refractivity contribution in [1.82, 2.24) is 20.0 Å². The van der Waals surface area contributed by atoms with Crippen molar-refractivity contribution in [3.63, 3.8) is 0 Å². The lowest BCUT2D eigenvalue weighted by Crippen LogP contribution is -2.44. The van der Waals surface area contributed by atoms with Gasteiger partial charge >= 0.3 is 0 Å². The Morgan fingerprint density at radius 2 is 1.61 bits per heavy atom. The monoisotopic (exact) mass is 439 g/mol. The Balaban J connectivity index is 0.000000343. The average molecular weight is 440 g/mol. The Bertz CT molecular complexity index is 615. The molecule has 2 heterocycles. The Hall–Kier alpha value is -2.16. The van der Waals surface area contributed by atoms with E-state index in [-0.39, 0.29) is 30.3 Å². The average Bonchev–Trinajstić information content (AvgIpc) is 3.28. The van der Waals surface area contributed by atoms with E-state index in [9.17, 15) is 19.2 Å². The van der Waals surface area contributed by atoms with Gasteiger partial charge in [-0.25, -0.2) is 0 Å². The summed E-state index contributed by atoms with van der Waals surface area (Å²) in [7, 11) is 0. The molecule has 0 spiro atoms. The molecule has 0 aromatic heterocycles. The first kappa shape index (κ1) is 26.9. The van der Waals surface area contributed by atoms with Crippen LogP contribution in [-0.4, -0.2) is 89.2 Å². The smallest absolute Gasteiger partial charge is 0.240 e. The quantitative estimate of drug-likeness (QED) is 0.520.